The molecule has 0 bridgehead atoms. The maximum atomic E-state index is 4.05. The monoisotopic (exact) mass is 470 g/mol. The second-order valence-corrected chi connectivity index (χ2v) is 12.3. The van der Waals surface area contributed by atoms with Gasteiger partial charge in [-0.1, -0.05) is 57.8 Å². The summed E-state index contributed by atoms with van der Waals surface area (Å²) < 4.78 is 0. The molecule has 0 radical (unpaired) electrons. The van der Waals surface area contributed by atoms with E-state index < -0.39 is 0 Å². The highest BCUT2D eigenvalue weighted by atomic mass is 15.8. The molecule has 0 spiro atoms. The van der Waals surface area contributed by atoms with Crippen molar-refractivity contribution in [2.45, 2.75) is 128 Å². The first-order valence-corrected chi connectivity index (χ1v) is 15.1. The average molecular weight is 471 g/mol. The standard InChI is InChI=1S/C28H50N6/c1-4-10-22(11-5-1)25-16-19-32(29-25)28(33-20-17-26(30-33)23-12-6-2-7-13-23)34-21-18-27(31-34)24-14-8-3-9-15-24/h16,22-24,26-31H,1-15,17-21H2. The van der Waals surface area contributed by atoms with E-state index in [0.717, 1.165) is 37.4 Å². The molecule has 3 aliphatic carbocycles. The van der Waals surface area contributed by atoms with Gasteiger partial charge in [0, 0.05) is 37.4 Å². The molecule has 6 heteroatoms. The molecule has 5 fully saturated rings. The normalized spacial score (nSPS) is 35.0. The van der Waals surface area contributed by atoms with Crippen LogP contribution in [0.5, 0.6) is 0 Å². The Morgan fingerprint density at radius 2 is 1.09 bits per heavy atom. The van der Waals surface area contributed by atoms with Gasteiger partial charge in [0.15, 0.2) is 6.29 Å². The quantitative estimate of drug-likeness (QED) is 0.515. The summed E-state index contributed by atoms with van der Waals surface area (Å²) >= 11 is 0. The molecule has 0 aromatic rings. The SMILES string of the molecule is C1=C(C2CCCCC2)NN(C(N2CCC(C3CCCCC3)N2)N2CCC(C3CCCCC3)N2)C1. The van der Waals surface area contributed by atoms with Gasteiger partial charge >= 0.3 is 0 Å². The molecule has 3 aliphatic heterocycles. The number of nitrogens with zero attached hydrogens (tertiary/aromatic N) is 3. The summed E-state index contributed by atoms with van der Waals surface area (Å²) in [6.07, 6.45) is 26.7. The Hall–Kier alpha value is -0.660. The third kappa shape index (κ3) is 5.22. The summed E-state index contributed by atoms with van der Waals surface area (Å²) in [6, 6.07) is 1.35. The molecule has 6 aliphatic rings. The average Bonchev–Trinajstić information content (AvgIpc) is 3.68. The maximum absolute atomic E-state index is 4.05. The topological polar surface area (TPSA) is 45.8 Å². The molecular formula is C28H50N6. The fourth-order valence-electron chi connectivity index (χ4n) is 8.14. The van der Waals surface area contributed by atoms with Crippen LogP contribution in [0.2, 0.25) is 0 Å². The van der Waals surface area contributed by atoms with Crippen molar-refractivity contribution in [3.63, 3.8) is 0 Å². The highest BCUT2D eigenvalue weighted by molar-refractivity contribution is 5.11. The van der Waals surface area contributed by atoms with Gasteiger partial charge in [0.05, 0.1) is 0 Å². The molecule has 6 rings (SSSR count). The second-order valence-electron chi connectivity index (χ2n) is 12.3. The number of hydrazine groups is 3. The first kappa shape index (κ1) is 23.7. The van der Waals surface area contributed by atoms with Crippen LogP contribution in [0.1, 0.15) is 109 Å². The van der Waals surface area contributed by atoms with Crippen molar-refractivity contribution in [3.8, 4) is 0 Å². The van der Waals surface area contributed by atoms with E-state index >= 15 is 0 Å². The van der Waals surface area contributed by atoms with Crippen LogP contribution in [-0.2, 0) is 0 Å². The second kappa shape index (κ2) is 11.2. The summed E-state index contributed by atoms with van der Waals surface area (Å²) in [5.41, 5.74) is 13.5. The lowest BCUT2D eigenvalue weighted by Gasteiger charge is -2.42. The van der Waals surface area contributed by atoms with Gasteiger partial charge in [-0.25, -0.2) is 20.9 Å². The Labute approximate surface area is 208 Å². The minimum Gasteiger partial charge on any atom is -0.320 e. The summed E-state index contributed by atoms with van der Waals surface area (Å²) in [5, 5.41) is 7.73. The van der Waals surface area contributed by atoms with Crippen molar-refractivity contribution in [2.75, 3.05) is 19.6 Å². The number of allylic oxidation sites excluding steroid dienone is 1. The van der Waals surface area contributed by atoms with Gasteiger partial charge in [-0.05, 0) is 75.2 Å². The van der Waals surface area contributed by atoms with E-state index in [4.69, 9.17) is 0 Å². The number of nitrogens with one attached hydrogen (secondary N) is 3. The van der Waals surface area contributed by atoms with Crippen molar-refractivity contribution in [3.05, 3.63) is 11.8 Å². The third-order valence-corrected chi connectivity index (χ3v) is 10.1. The van der Waals surface area contributed by atoms with E-state index in [2.05, 4.69) is 37.4 Å². The van der Waals surface area contributed by atoms with Gasteiger partial charge in [-0.2, -0.15) is 5.01 Å². The van der Waals surface area contributed by atoms with E-state index in [1.807, 2.05) is 0 Å². The van der Waals surface area contributed by atoms with Gasteiger partial charge < -0.3 is 5.43 Å². The zero-order valence-corrected chi connectivity index (χ0v) is 21.5. The largest absolute Gasteiger partial charge is 0.320 e. The maximum Gasteiger partial charge on any atom is 0.162 e. The highest BCUT2D eigenvalue weighted by Gasteiger charge is 2.43. The van der Waals surface area contributed by atoms with Crippen molar-refractivity contribution in [1.82, 2.24) is 31.3 Å². The summed E-state index contributed by atoms with van der Waals surface area (Å²) in [6.45, 7) is 3.35. The zero-order chi connectivity index (χ0) is 22.7. The van der Waals surface area contributed by atoms with Crippen LogP contribution in [0, 0.1) is 17.8 Å². The molecule has 3 saturated carbocycles. The smallest absolute Gasteiger partial charge is 0.162 e. The number of hydrogen-bond acceptors (Lipinski definition) is 6. The van der Waals surface area contributed by atoms with Gasteiger partial charge in [-0.15, -0.1) is 0 Å². The molecular weight excluding hydrogens is 420 g/mol. The zero-order valence-electron chi connectivity index (χ0n) is 21.5. The molecule has 2 unspecified atom stereocenters. The van der Waals surface area contributed by atoms with Crippen LogP contribution in [0.4, 0.5) is 0 Å². The van der Waals surface area contributed by atoms with Crippen LogP contribution < -0.4 is 16.3 Å². The first-order valence-electron chi connectivity index (χ1n) is 15.1. The summed E-state index contributed by atoms with van der Waals surface area (Å²) in [7, 11) is 0. The Kier molecular flexibility index (Phi) is 7.79. The molecule has 2 saturated heterocycles. The van der Waals surface area contributed by atoms with E-state index in [9.17, 15) is 0 Å². The molecule has 0 aromatic heterocycles. The van der Waals surface area contributed by atoms with E-state index in [1.165, 1.54) is 115 Å². The molecule has 0 aromatic carbocycles. The fourth-order valence-corrected chi connectivity index (χ4v) is 8.14. The molecule has 192 valence electrons. The minimum atomic E-state index is 0.250. The Morgan fingerprint density at radius 1 is 0.588 bits per heavy atom. The number of hydrogen-bond donors (Lipinski definition) is 3. The van der Waals surface area contributed by atoms with Crippen molar-refractivity contribution < 1.29 is 0 Å². The van der Waals surface area contributed by atoms with Gasteiger partial charge in [-0.3, -0.25) is 0 Å². The predicted octanol–water partition coefficient (Wildman–Crippen LogP) is 4.87. The Bertz CT molecular complexity index is 640. The van der Waals surface area contributed by atoms with Crippen molar-refractivity contribution in [2.24, 2.45) is 17.8 Å². The molecule has 2 atom stereocenters. The van der Waals surface area contributed by atoms with Crippen LogP contribution >= 0.6 is 0 Å². The minimum absolute atomic E-state index is 0.250. The fraction of sp³-hybridized carbons (Fsp3) is 0.929. The van der Waals surface area contributed by atoms with Gasteiger partial charge in [0.1, 0.15) is 0 Å². The molecule has 3 N–H and O–H groups in total. The lowest BCUT2D eigenvalue weighted by Crippen LogP contribution is -2.65. The lowest BCUT2D eigenvalue weighted by atomic mass is 9.83. The molecule has 0 amide bonds. The summed E-state index contributed by atoms with van der Waals surface area (Å²) in [4.78, 5) is 0. The third-order valence-electron chi connectivity index (χ3n) is 10.1. The van der Waals surface area contributed by atoms with Gasteiger partial charge in [0.25, 0.3) is 0 Å². The summed E-state index contributed by atoms with van der Waals surface area (Å²) in [5.74, 6) is 2.51. The highest BCUT2D eigenvalue weighted by Crippen LogP contribution is 2.35. The van der Waals surface area contributed by atoms with E-state index in [-0.39, 0.29) is 6.29 Å². The van der Waals surface area contributed by atoms with E-state index in [0.29, 0.717) is 12.1 Å². The van der Waals surface area contributed by atoms with Crippen LogP contribution in [0.25, 0.3) is 0 Å². The molecule has 3 heterocycles. The van der Waals surface area contributed by atoms with Gasteiger partial charge in [0.2, 0.25) is 0 Å². The van der Waals surface area contributed by atoms with Crippen LogP contribution in [-0.4, -0.2) is 53.0 Å². The predicted molar refractivity (Wildman–Crippen MR) is 138 cm³/mol. The van der Waals surface area contributed by atoms with Crippen LogP contribution in [0.15, 0.2) is 11.8 Å². The molecule has 6 nitrogen and oxygen atoms in total. The van der Waals surface area contributed by atoms with Crippen molar-refractivity contribution >= 4 is 0 Å². The Balaban J connectivity index is 1.14. The van der Waals surface area contributed by atoms with E-state index in [1.54, 1.807) is 0 Å². The van der Waals surface area contributed by atoms with Crippen molar-refractivity contribution in [1.29, 1.82) is 0 Å². The number of rotatable bonds is 6. The first-order chi connectivity index (χ1) is 16.8. The Morgan fingerprint density at radius 3 is 1.62 bits per heavy atom. The van der Waals surface area contributed by atoms with Crippen LogP contribution in [0.3, 0.4) is 0 Å². The molecule has 34 heavy (non-hydrogen) atoms. The lowest BCUT2D eigenvalue weighted by molar-refractivity contribution is -0.109.